The number of carbonyl (C=O) groups excluding carboxylic acids is 1. The quantitative estimate of drug-likeness (QED) is 0.833. The number of hydrogen-bond donors (Lipinski definition) is 2. The number of esters is 1. The van der Waals surface area contributed by atoms with Gasteiger partial charge in [0, 0.05) is 6.42 Å². The second kappa shape index (κ2) is 6.12. The summed E-state index contributed by atoms with van der Waals surface area (Å²) in [4.78, 5) is 12.2. The number of anilines is 1. The molecule has 2 aromatic rings. The van der Waals surface area contributed by atoms with Crippen LogP contribution in [0.5, 0.6) is 0 Å². The summed E-state index contributed by atoms with van der Waals surface area (Å²) in [5.74, 6) is -0.637. The summed E-state index contributed by atoms with van der Waals surface area (Å²) in [6.07, 6.45) is -0.256. The summed E-state index contributed by atoms with van der Waals surface area (Å²) >= 11 is 6.04. The molecule has 1 atom stereocenters. The Morgan fingerprint density at radius 2 is 1.77 bits per heavy atom. The zero-order valence-corrected chi connectivity index (χ0v) is 12.4. The predicted octanol–water partition coefficient (Wildman–Crippen LogP) is 4.21. The third-order valence-electron chi connectivity index (χ3n) is 3.43. The first-order valence-corrected chi connectivity index (χ1v) is 7.22. The number of hydrogen-bond acceptors (Lipinski definition) is 4. The van der Waals surface area contributed by atoms with E-state index in [4.69, 9.17) is 16.3 Å². The van der Waals surface area contributed by atoms with Crippen LogP contribution in [0.4, 0.5) is 5.69 Å². The Morgan fingerprint density at radius 1 is 1.09 bits per heavy atom. The van der Waals surface area contributed by atoms with Gasteiger partial charge in [0.2, 0.25) is 0 Å². The van der Waals surface area contributed by atoms with Crippen LogP contribution >= 0.6 is 11.6 Å². The maximum Gasteiger partial charge on any atom is 0.358 e. The fraction of sp³-hybridized carbons (Fsp3) is 0.118. The molecule has 3 rings (SSSR count). The molecule has 1 unspecified atom stereocenters. The van der Waals surface area contributed by atoms with E-state index in [1.807, 2.05) is 30.3 Å². The van der Waals surface area contributed by atoms with Crippen molar-refractivity contribution < 1.29 is 14.6 Å². The van der Waals surface area contributed by atoms with Crippen molar-refractivity contribution in [1.29, 1.82) is 0 Å². The first-order chi connectivity index (χ1) is 10.6. The van der Waals surface area contributed by atoms with Gasteiger partial charge in [0.25, 0.3) is 0 Å². The lowest BCUT2D eigenvalue weighted by atomic mass is 10.0. The van der Waals surface area contributed by atoms with E-state index in [0.29, 0.717) is 10.7 Å². The molecule has 1 aliphatic heterocycles. The molecule has 0 saturated heterocycles. The number of benzene rings is 2. The van der Waals surface area contributed by atoms with E-state index in [1.54, 1.807) is 24.3 Å². The van der Waals surface area contributed by atoms with Gasteiger partial charge in [-0.1, -0.05) is 54.1 Å². The second-order valence-corrected chi connectivity index (χ2v) is 5.34. The van der Waals surface area contributed by atoms with Crippen LogP contribution in [0, 0.1) is 0 Å². The number of rotatable bonds is 3. The maximum absolute atomic E-state index is 12.2. The van der Waals surface area contributed by atoms with Gasteiger partial charge in [0.15, 0.2) is 5.70 Å². The predicted molar refractivity (Wildman–Crippen MR) is 84.6 cm³/mol. The van der Waals surface area contributed by atoms with E-state index in [9.17, 15) is 9.90 Å². The highest BCUT2D eigenvalue weighted by Crippen LogP contribution is 2.32. The third kappa shape index (κ3) is 2.92. The molecule has 4 nitrogen and oxygen atoms in total. The Bertz CT molecular complexity index is 728. The summed E-state index contributed by atoms with van der Waals surface area (Å²) in [5, 5.41) is 13.5. The molecule has 0 radical (unpaired) electrons. The highest BCUT2D eigenvalue weighted by Gasteiger charge is 2.30. The Balaban J connectivity index is 1.84. The molecule has 0 spiro atoms. The Hall–Kier alpha value is -2.46. The molecule has 0 fully saturated rings. The molecule has 0 aromatic heterocycles. The summed E-state index contributed by atoms with van der Waals surface area (Å²) in [6.45, 7) is 0. The van der Waals surface area contributed by atoms with Crippen LogP contribution < -0.4 is 5.32 Å². The molecule has 22 heavy (non-hydrogen) atoms. The lowest BCUT2D eigenvalue weighted by Gasteiger charge is -2.25. The van der Waals surface area contributed by atoms with Crippen molar-refractivity contribution in [3.63, 3.8) is 0 Å². The van der Waals surface area contributed by atoms with Crippen LogP contribution in [0.25, 0.3) is 0 Å². The second-order valence-electron chi connectivity index (χ2n) is 4.94. The Labute approximate surface area is 133 Å². The molecule has 5 heteroatoms. The number of ether oxygens (including phenoxy) is 1. The van der Waals surface area contributed by atoms with Crippen molar-refractivity contribution in [2.75, 3.05) is 5.32 Å². The lowest BCUT2D eigenvalue weighted by Crippen LogP contribution is -2.25. The largest absolute Gasteiger partial charge is 0.510 e. The van der Waals surface area contributed by atoms with E-state index in [1.165, 1.54) is 0 Å². The van der Waals surface area contributed by atoms with Gasteiger partial charge >= 0.3 is 5.97 Å². The topological polar surface area (TPSA) is 58.6 Å². The lowest BCUT2D eigenvalue weighted by molar-refractivity contribution is -0.146. The molecule has 1 heterocycles. The van der Waals surface area contributed by atoms with Crippen molar-refractivity contribution in [3.05, 3.63) is 76.6 Å². The van der Waals surface area contributed by atoms with Crippen molar-refractivity contribution in [2.24, 2.45) is 0 Å². The molecule has 0 saturated carbocycles. The van der Waals surface area contributed by atoms with Gasteiger partial charge in [-0.15, -0.1) is 0 Å². The van der Waals surface area contributed by atoms with Gasteiger partial charge in [-0.25, -0.2) is 4.79 Å². The fourth-order valence-corrected chi connectivity index (χ4v) is 2.48. The SMILES string of the molecule is O=C1OC(c2ccccc2)CC(O)=C1Nc1ccccc1Cl. The van der Waals surface area contributed by atoms with Crippen LogP contribution in [0.1, 0.15) is 18.1 Å². The monoisotopic (exact) mass is 315 g/mol. The number of halogens is 1. The van der Waals surface area contributed by atoms with E-state index in [0.717, 1.165) is 5.56 Å². The van der Waals surface area contributed by atoms with E-state index < -0.39 is 12.1 Å². The zero-order chi connectivity index (χ0) is 15.5. The summed E-state index contributed by atoms with van der Waals surface area (Å²) < 4.78 is 5.41. The summed E-state index contributed by atoms with van der Waals surface area (Å²) in [7, 11) is 0. The zero-order valence-electron chi connectivity index (χ0n) is 11.6. The number of carbonyl (C=O) groups is 1. The van der Waals surface area contributed by atoms with Gasteiger partial charge in [-0.2, -0.15) is 0 Å². The van der Waals surface area contributed by atoms with Gasteiger partial charge in [-0.05, 0) is 17.7 Å². The van der Waals surface area contributed by atoms with Crippen molar-refractivity contribution in [3.8, 4) is 0 Å². The number of para-hydroxylation sites is 1. The molecule has 2 aromatic carbocycles. The molecule has 0 amide bonds. The number of aliphatic hydroxyl groups excluding tert-OH is 1. The van der Waals surface area contributed by atoms with Gasteiger partial charge < -0.3 is 15.2 Å². The van der Waals surface area contributed by atoms with E-state index in [-0.39, 0.29) is 17.9 Å². The number of nitrogens with one attached hydrogen (secondary N) is 1. The highest BCUT2D eigenvalue weighted by atomic mass is 35.5. The molecule has 112 valence electrons. The van der Waals surface area contributed by atoms with Crippen LogP contribution in [0.15, 0.2) is 66.1 Å². The highest BCUT2D eigenvalue weighted by molar-refractivity contribution is 6.33. The summed E-state index contributed by atoms with van der Waals surface area (Å²) in [6, 6.07) is 16.3. The van der Waals surface area contributed by atoms with E-state index in [2.05, 4.69) is 5.32 Å². The number of cyclic esters (lactones) is 1. The smallest absolute Gasteiger partial charge is 0.358 e. The minimum atomic E-state index is -0.600. The fourth-order valence-electron chi connectivity index (χ4n) is 2.30. The van der Waals surface area contributed by atoms with Crippen LogP contribution in [0.2, 0.25) is 5.02 Å². The molecule has 0 aliphatic carbocycles. The van der Waals surface area contributed by atoms with Crippen LogP contribution in [-0.2, 0) is 9.53 Å². The van der Waals surface area contributed by atoms with Crippen molar-refractivity contribution in [2.45, 2.75) is 12.5 Å². The van der Waals surface area contributed by atoms with Crippen LogP contribution in [0.3, 0.4) is 0 Å². The van der Waals surface area contributed by atoms with Gasteiger partial charge in [0.1, 0.15) is 11.9 Å². The van der Waals surface area contributed by atoms with Gasteiger partial charge in [-0.3, -0.25) is 0 Å². The Morgan fingerprint density at radius 3 is 2.45 bits per heavy atom. The first kappa shape index (κ1) is 14.5. The molecular weight excluding hydrogens is 302 g/mol. The van der Waals surface area contributed by atoms with Crippen LogP contribution in [-0.4, -0.2) is 11.1 Å². The van der Waals surface area contributed by atoms with Crippen molar-refractivity contribution in [1.82, 2.24) is 0 Å². The minimum absolute atomic E-state index is 0.0280. The molecule has 0 bridgehead atoms. The summed E-state index contributed by atoms with van der Waals surface area (Å²) in [5.41, 5.74) is 1.42. The maximum atomic E-state index is 12.2. The van der Waals surface area contributed by atoms with Gasteiger partial charge in [0.05, 0.1) is 10.7 Å². The molecule has 1 aliphatic rings. The molecular formula is C17H14ClNO3. The minimum Gasteiger partial charge on any atom is -0.510 e. The average molecular weight is 316 g/mol. The molecule has 2 N–H and O–H groups in total. The third-order valence-corrected chi connectivity index (χ3v) is 3.76. The standard InChI is InChI=1S/C17H14ClNO3/c18-12-8-4-5-9-13(12)19-16-14(20)10-15(22-17(16)21)11-6-2-1-3-7-11/h1-9,15,19-20H,10H2. The average Bonchev–Trinajstić information content (AvgIpc) is 2.53. The first-order valence-electron chi connectivity index (χ1n) is 6.85. The van der Waals surface area contributed by atoms with Crippen molar-refractivity contribution >= 4 is 23.3 Å². The number of aliphatic hydroxyl groups is 1. The van der Waals surface area contributed by atoms with E-state index >= 15 is 0 Å². The Kier molecular flexibility index (Phi) is 4.02. The normalized spacial score (nSPS) is 18.0.